The molecule has 7 rings (SSSR count). The molecule has 208 valence electrons. The Balaban J connectivity index is 0.000000162. The van der Waals surface area contributed by atoms with Gasteiger partial charge >= 0.3 is 0 Å². The third kappa shape index (κ3) is 6.88. The van der Waals surface area contributed by atoms with Crippen LogP contribution in [0.4, 0.5) is 4.39 Å². The van der Waals surface area contributed by atoms with Crippen molar-refractivity contribution in [2.45, 2.75) is 19.8 Å². The summed E-state index contributed by atoms with van der Waals surface area (Å²) in [5, 5.41) is 2.31. The molecule has 0 saturated heterocycles. The summed E-state index contributed by atoms with van der Waals surface area (Å²) in [6.45, 7) is 1.88. The topological polar surface area (TPSA) is 39.2 Å². The van der Waals surface area contributed by atoms with E-state index in [0.29, 0.717) is 19.8 Å². The average Bonchev–Trinajstić information content (AvgIpc) is 3.68. The number of nitrogens with zero attached hydrogens (tertiary/aromatic N) is 1. The van der Waals surface area contributed by atoms with Crippen molar-refractivity contribution in [3.63, 3.8) is 0 Å². The van der Waals surface area contributed by atoms with Gasteiger partial charge in [-0.25, -0.2) is 4.39 Å². The maximum atomic E-state index is 13.0. The zero-order chi connectivity index (χ0) is 28.6. The summed E-state index contributed by atoms with van der Waals surface area (Å²) in [7, 11) is 0. The van der Waals surface area contributed by atoms with Crippen molar-refractivity contribution in [1.82, 2.24) is 9.55 Å². The van der Waals surface area contributed by atoms with E-state index in [4.69, 9.17) is 9.47 Å². The van der Waals surface area contributed by atoms with Crippen LogP contribution >= 0.6 is 0 Å². The van der Waals surface area contributed by atoms with E-state index in [2.05, 4.69) is 64.3 Å². The number of hydrogen-bond acceptors (Lipinski definition) is 2. The van der Waals surface area contributed by atoms with E-state index in [0.717, 1.165) is 39.0 Å². The minimum Gasteiger partial charge on any atom is -0.489 e. The van der Waals surface area contributed by atoms with Crippen LogP contribution in [0.1, 0.15) is 16.7 Å². The van der Waals surface area contributed by atoms with Gasteiger partial charge in [0.05, 0.1) is 0 Å². The van der Waals surface area contributed by atoms with Gasteiger partial charge in [0, 0.05) is 40.7 Å². The smallest absolute Gasteiger partial charge is 0.123 e. The van der Waals surface area contributed by atoms with E-state index in [1.54, 1.807) is 0 Å². The molecule has 0 aliphatic rings. The fraction of sp³-hybridized carbons (Fsp3) is 0.0811. The Morgan fingerprint density at radius 2 is 1.19 bits per heavy atom. The fourth-order valence-corrected chi connectivity index (χ4v) is 4.80. The minimum atomic E-state index is -0.207. The summed E-state index contributed by atoms with van der Waals surface area (Å²) in [5.74, 6) is 1.55. The van der Waals surface area contributed by atoms with Gasteiger partial charge < -0.3 is 19.0 Å². The van der Waals surface area contributed by atoms with Crippen LogP contribution in [0.3, 0.4) is 0 Å². The summed E-state index contributed by atoms with van der Waals surface area (Å²) < 4.78 is 26.8. The predicted octanol–water partition coefficient (Wildman–Crippen LogP) is 9.15. The van der Waals surface area contributed by atoms with Gasteiger partial charge in [0.25, 0.3) is 0 Å². The number of benzene rings is 5. The second-order valence-corrected chi connectivity index (χ2v) is 10.1. The van der Waals surface area contributed by atoms with Crippen LogP contribution in [0.25, 0.3) is 21.8 Å². The molecule has 0 aliphatic carbocycles. The Bertz CT molecular complexity index is 1860. The first-order valence-electron chi connectivity index (χ1n) is 13.9. The molecule has 0 amide bonds. The molecule has 4 nitrogen and oxygen atoms in total. The molecule has 0 bridgehead atoms. The molecule has 2 aromatic heterocycles. The normalized spacial score (nSPS) is 10.8. The van der Waals surface area contributed by atoms with Crippen molar-refractivity contribution >= 4 is 21.8 Å². The lowest BCUT2D eigenvalue weighted by Gasteiger charge is -2.08. The van der Waals surface area contributed by atoms with Crippen molar-refractivity contribution < 1.29 is 13.9 Å². The molecule has 0 aliphatic heterocycles. The van der Waals surface area contributed by atoms with E-state index in [1.807, 2.05) is 79.0 Å². The second-order valence-electron chi connectivity index (χ2n) is 10.1. The number of aromatic amines is 1. The van der Waals surface area contributed by atoms with Crippen LogP contribution in [0.5, 0.6) is 11.5 Å². The van der Waals surface area contributed by atoms with E-state index >= 15 is 0 Å². The number of aromatic nitrogens is 2. The number of rotatable bonds is 8. The van der Waals surface area contributed by atoms with Gasteiger partial charge in [-0.15, -0.1) is 0 Å². The highest BCUT2D eigenvalue weighted by molar-refractivity contribution is 5.82. The average molecular weight is 555 g/mol. The lowest BCUT2D eigenvalue weighted by Crippen LogP contribution is -1.98. The Hall–Kier alpha value is -5.29. The highest BCUT2D eigenvalue weighted by Gasteiger charge is 2.05. The molecule has 0 atom stereocenters. The number of hydrogen-bond donors (Lipinski definition) is 1. The Labute approximate surface area is 244 Å². The third-order valence-corrected chi connectivity index (χ3v) is 7.03. The molecule has 42 heavy (non-hydrogen) atoms. The molecule has 0 unspecified atom stereocenters. The van der Waals surface area contributed by atoms with Crippen molar-refractivity contribution in [1.29, 1.82) is 0 Å². The number of nitrogens with one attached hydrogen (secondary N) is 1. The monoisotopic (exact) mass is 554 g/mol. The van der Waals surface area contributed by atoms with Crippen LogP contribution in [0.2, 0.25) is 0 Å². The fourth-order valence-electron chi connectivity index (χ4n) is 4.80. The van der Waals surface area contributed by atoms with Gasteiger partial charge in [0.15, 0.2) is 0 Å². The van der Waals surface area contributed by atoms with Crippen molar-refractivity contribution in [3.05, 3.63) is 168 Å². The molecular weight excluding hydrogens is 523 g/mol. The zero-order valence-corrected chi connectivity index (χ0v) is 23.1. The van der Waals surface area contributed by atoms with E-state index in [-0.39, 0.29) is 5.82 Å². The van der Waals surface area contributed by atoms with Crippen molar-refractivity contribution in [2.24, 2.45) is 0 Å². The third-order valence-electron chi connectivity index (χ3n) is 7.03. The van der Waals surface area contributed by atoms with Crippen LogP contribution in [-0.2, 0) is 19.8 Å². The summed E-state index contributed by atoms with van der Waals surface area (Å²) in [4.78, 5) is 3.16. The largest absolute Gasteiger partial charge is 0.489 e. The van der Waals surface area contributed by atoms with Crippen LogP contribution in [0.15, 0.2) is 146 Å². The number of H-pyrrole nitrogens is 1. The second kappa shape index (κ2) is 12.9. The maximum Gasteiger partial charge on any atom is 0.123 e. The SMILES string of the molecule is Fc1ccc(Cn2ccc3cc(OCc4ccccc4)ccc32)cc1.c1ccc(COc2ccc3[nH]ccc3c2)cc1. The molecule has 5 heteroatoms. The van der Waals surface area contributed by atoms with Gasteiger partial charge in [0.2, 0.25) is 0 Å². The zero-order valence-electron chi connectivity index (χ0n) is 23.1. The Morgan fingerprint density at radius 1 is 0.571 bits per heavy atom. The van der Waals surface area contributed by atoms with E-state index < -0.39 is 0 Å². The van der Waals surface area contributed by atoms with Gasteiger partial charge in [0.1, 0.15) is 30.5 Å². The quantitative estimate of drug-likeness (QED) is 0.203. The molecule has 7 aromatic rings. The lowest BCUT2D eigenvalue weighted by molar-refractivity contribution is 0.306. The van der Waals surface area contributed by atoms with E-state index in [9.17, 15) is 4.39 Å². The minimum absolute atomic E-state index is 0.207. The first-order chi connectivity index (χ1) is 20.7. The standard InChI is InChI=1S/C22H18FNO.C15H13NO/c23-20-8-6-17(7-9-20)15-24-13-12-19-14-21(10-11-22(19)24)25-16-18-4-2-1-3-5-18;1-2-4-12(5-3-1)11-17-14-6-7-15-13(10-14)8-9-16-15/h1-14H,15-16H2;1-10,16H,11H2. The maximum absolute atomic E-state index is 13.0. The molecule has 2 heterocycles. The number of fused-ring (bicyclic) bond motifs is 2. The first kappa shape index (κ1) is 26.9. The molecule has 0 radical (unpaired) electrons. The predicted molar refractivity (Wildman–Crippen MR) is 167 cm³/mol. The van der Waals surface area contributed by atoms with Crippen LogP contribution < -0.4 is 9.47 Å². The van der Waals surface area contributed by atoms with Gasteiger partial charge in [-0.1, -0.05) is 72.8 Å². The molecule has 0 spiro atoms. The van der Waals surface area contributed by atoms with Crippen LogP contribution in [-0.4, -0.2) is 9.55 Å². The first-order valence-corrected chi connectivity index (χ1v) is 13.9. The summed E-state index contributed by atoms with van der Waals surface area (Å²) in [6, 6.07) is 43.3. The van der Waals surface area contributed by atoms with E-state index in [1.165, 1.54) is 23.1 Å². The lowest BCUT2D eigenvalue weighted by atomic mass is 10.2. The molecular formula is C37H31FN2O2. The van der Waals surface area contributed by atoms with Gasteiger partial charge in [-0.3, -0.25) is 0 Å². The summed E-state index contributed by atoms with van der Waals surface area (Å²) in [6.07, 6.45) is 3.99. The van der Waals surface area contributed by atoms with Gasteiger partial charge in [-0.2, -0.15) is 0 Å². The van der Waals surface area contributed by atoms with Crippen molar-refractivity contribution in [3.8, 4) is 11.5 Å². The van der Waals surface area contributed by atoms with Gasteiger partial charge in [-0.05, 0) is 77.4 Å². The highest BCUT2D eigenvalue weighted by Crippen LogP contribution is 2.24. The summed E-state index contributed by atoms with van der Waals surface area (Å²) in [5.41, 5.74) is 5.68. The summed E-state index contributed by atoms with van der Waals surface area (Å²) >= 11 is 0. The molecule has 0 saturated carbocycles. The van der Waals surface area contributed by atoms with Crippen molar-refractivity contribution in [2.75, 3.05) is 0 Å². The van der Waals surface area contributed by atoms with Crippen LogP contribution in [0, 0.1) is 5.82 Å². The molecule has 1 N–H and O–H groups in total. The molecule has 0 fully saturated rings. The highest BCUT2D eigenvalue weighted by atomic mass is 19.1. The molecule has 5 aromatic carbocycles. The number of ether oxygens (including phenoxy) is 2. The Kier molecular flexibility index (Phi) is 8.28. The number of halogens is 1. The Morgan fingerprint density at radius 3 is 1.86 bits per heavy atom.